The molecule has 3 heteroatoms. The second-order valence-corrected chi connectivity index (χ2v) is 6.70. The van der Waals surface area contributed by atoms with Crippen LogP contribution in [-0.2, 0) is 4.74 Å². The zero-order valence-corrected chi connectivity index (χ0v) is 13.0. The highest BCUT2D eigenvalue weighted by Gasteiger charge is 2.40. The van der Waals surface area contributed by atoms with Crippen molar-refractivity contribution in [3.05, 3.63) is 34.9 Å². The normalized spacial score (nSPS) is 34.3. The van der Waals surface area contributed by atoms with Gasteiger partial charge >= 0.3 is 0 Å². The molecule has 3 rings (SSSR count). The van der Waals surface area contributed by atoms with Gasteiger partial charge in [-0.1, -0.05) is 43.1 Å². The molecule has 2 nitrogen and oxygen atoms in total. The minimum Gasteiger partial charge on any atom is -0.364 e. The molecule has 1 heterocycles. The Balaban J connectivity index is 1.72. The fraction of sp³-hybridized carbons (Fsp3) is 0.647. The maximum absolute atomic E-state index is 6.53. The van der Waals surface area contributed by atoms with E-state index in [1.165, 1.54) is 32.1 Å². The van der Waals surface area contributed by atoms with Crippen molar-refractivity contribution < 1.29 is 4.74 Å². The van der Waals surface area contributed by atoms with Crippen molar-refractivity contribution in [3.8, 4) is 0 Å². The van der Waals surface area contributed by atoms with Gasteiger partial charge in [-0.05, 0) is 37.7 Å². The highest BCUT2D eigenvalue weighted by atomic mass is 35.5. The van der Waals surface area contributed by atoms with Gasteiger partial charge in [0.1, 0.15) is 0 Å². The first-order valence-electron chi connectivity index (χ1n) is 7.85. The van der Waals surface area contributed by atoms with E-state index in [1.807, 2.05) is 18.2 Å². The maximum atomic E-state index is 6.53. The average molecular weight is 294 g/mol. The Morgan fingerprint density at radius 1 is 1.30 bits per heavy atom. The van der Waals surface area contributed by atoms with Gasteiger partial charge in [-0.25, -0.2) is 0 Å². The summed E-state index contributed by atoms with van der Waals surface area (Å²) < 4.78 is 6.53. The third-order valence-corrected chi connectivity index (χ3v) is 5.36. The Hall–Kier alpha value is -0.570. The SMILES string of the molecule is CCC1CCC2(CC1)CNCC(c1ccccc1Cl)O2. The van der Waals surface area contributed by atoms with Gasteiger partial charge in [0.2, 0.25) is 0 Å². The van der Waals surface area contributed by atoms with Crippen LogP contribution in [0.3, 0.4) is 0 Å². The summed E-state index contributed by atoms with van der Waals surface area (Å²) in [7, 11) is 0. The molecule has 2 aliphatic rings. The van der Waals surface area contributed by atoms with E-state index >= 15 is 0 Å². The first-order chi connectivity index (χ1) is 9.72. The lowest BCUT2D eigenvalue weighted by molar-refractivity contribution is -0.141. The third-order valence-electron chi connectivity index (χ3n) is 5.02. The summed E-state index contributed by atoms with van der Waals surface area (Å²) in [5.41, 5.74) is 1.16. The molecule has 110 valence electrons. The molecule has 1 aliphatic carbocycles. The highest BCUT2D eigenvalue weighted by Crippen LogP contribution is 2.41. The summed E-state index contributed by atoms with van der Waals surface area (Å²) in [4.78, 5) is 0. The summed E-state index contributed by atoms with van der Waals surface area (Å²) in [6.07, 6.45) is 6.35. The third kappa shape index (κ3) is 2.88. The molecule has 1 aromatic carbocycles. The summed E-state index contributed by atoms with van der Waals surface area (Å²) in [5.74, 6) is 0.893. The fourth-order valence-electron chi connectivity index (χ4n) is 3.63. The predicted molar refractivity (Wildman–Crippen MR) is 83.1 cm³/mol. The minimum absolute atomic E-state index is 0.0355. The lowest BCUT2D eigenvalue weighted by Gasteiger charge is -2.46. The Kier molecular flexibility index (Phi) is 4.34. The maximum Gasteiger partial charge on any atom is 0.0971 e. The van der Waals surface area contributed by atoms with Gasteiger partial charge in [0.25, 0.3) is 0 Å². The molecule has 0 amide bonds. The molecule has 1 aromatic rings. The molecular formula is C17H24ClNO. The molecule has 20 heavy (non-hydrogen) atoms. The zero-order chi connectivity index (χ0) is 14.0. The van der Waals surface area contributed by atoms with Gasteiger partial charge in [0, 0.05) is 23.7 Å². The van der Waals surface area contributed by atoms with Crippen molar-refractivity contribution in [2.75, 3.05) is 13.1 Å². The van der Waals surface area contributed by atoms with Crippen LogP contribution in [0.25, 0.3) is 0 Å². The quantitative estimate of drug-likeness (QED) is 0.876. The molecular weight excluding hydrogens is 270 g/mol. The van der Waals surface area contributed by atoms with Crippen LogP contribution in [0.1, 0.15) is 50.7 Å². The van der Waals surface area contributed by atoms with Gasteiger partial charge in [-0.3, -0.25) is 0 Å². The van der Waals surface area contributed by atoms with Gasteiger partial charge < -0.3 is 10.1 Å². The Morgan fingerprint density at radius 2 is 2.05 bits per heavy atom. The molecule has 1 atom stereocenters. The number of morpholine rings is 1. The molecule has 1 aliphatic heterocycles. The van der Waals surface area contributed by atoms with E-state index in [0.717, 1.165) is 29.6 Å². The first kappa shape index (κ1) is 14.4. The molecule has 1 saturated heterocycles. The Morgan fingerprint density at radius 3 is 2.75 bits per heavy atom. The molecule has 1 N–H and O–H groups in total. The van der Waals surface area contributed by atoms with Crippen molar-refractivity contribution in [3.63, 3.8) is 0 Å². The van der Waals surface area contributed by atoms with E-state index < -0.39 is 0 Å². The van der Waals surface area contributed by atoms with Crippen LogP contribution in [0, 0.1) is 5.92 Å². The molecule has 1 unspecified atom stereocenters. The molecule has 1 saturated carbocycles. The molecule has 0 aromatic heterocycles. The molecule has 1 spiro atoms. The topological polar surface area (TPSA) is 21.3 Å². The number of halogens is 1. The number of nitrogens with one attached hydrogen (secondary N) is 1. The minimum atomic E-state index is 0.0355. The van der Waals surface area contributed by atoms with Gasteiger partial charge in [-0.15, -0.1) is 0 Å². The number of rotatable bonds is 2. The van der Waals surface area contributed by atoms with E-state index in [1.54, 1.807) is 0 Å². The summed E-state index contributed by atoms with van der Waals surface area (Å²) in [5, 5.41) is 4.39. The van der Waals surface area contributed by atoms with Crippen LogP contribution in [0.4, 0.5) is 0 Å². The highest BCUT2D eigenvalue weighted by molar-refractivity contribution is 6.31. The largest absolute Gasteiger partial charge is 0.364 e. The number of hydrogen-bond donors (Lipinski definition) is 1. The van der Waals surface area contributed by atoms with E-state index in [4.69, 9.17) is 16.3 Å². The lowest BCUT2D eigenvalue weighted by Crippen LogP contribution is -2.52. The number of hydrogen-bond acceptors (Lipinski definition) is 2. The standard InChI is InChI=1S/C17H24ClNO/c1-2-13-7-9-17(10-8-13)12-19-11-16(20-17)14-5-3-4-6-15(14)18/h3-6,13,16,19H,2,7-12H2,1H3. The molecule has 2 fully saturated rings. The summed E-state index contributed by atoms with van der Waals surface area (Å²) in [6, 6.07) is 8.06. The van der Waals surface area contributed by atoms with Crippen LogP contribution < -0.4 is 5.32 Å². The van der Waals surface area contributed by atoms with Gasteiger partial charge in [-0.2, -0.15) is 0 Å². The Labute approximate surface area is 126 Å². The number of benzene rings is 1. The predicted octanol–water partition coefficient (Wildman–Crippen LogP) is 4.34. The molecule has 0 radical (unpaired) electrons. The van der Waals surface area contributed by atoms with E-state index in [9.17, 15) is 0 Å². The van der Waals surface area contributed by atoms with E-state index in [0.29, 0.717) is 0 Å². The van der Waals surface area contributed by atoms with Gasteiger partial charge in [0.15, 0.2) is 0 Å². The molecule has 0 bridgehead atoms. The Bertz CT molecular complexity index is 454. The second-order valence-electron chi connectivity index (χ2n) is 6.29. The monoisotopic (exact) mass is 293 g/mol. The summed E-state index contributed by atoms with van der Waals surface area (Å²) in [6.45, 7) is 4.16. The average Bonchev–Trinajstić information content (AvgIpc) is 2.49. The number of ether oxygens (including phenoxy) is 1. The lowest BCUT2D eigenvalue weighted by atomic mass is 9.77. The van der Waals surface area contributed by atoms with Crippen LogP contribution in [0.2, 0.25) is 5.02 Å². The van der Waals surface area contributed by atoms with Crippen LogP contribution in [0.5, 0.6) is 0 Å². The van der Waals surface area contributed by atoms with Crippen molar-refractivity contribution in [2.24, 2.45) is 5.92 Å². The zero-order valence-electron chi connectivity index (χ0n) is 12.2. The van der Waals surface area contributed by atoms with Crippen molar-refractivity contribution in [1.82, 2.24) is 5.32 Å². The van der Waals surface area contributed by atoms with Crippen molar-refractivity contribution in [1.29, 1.82) is 0 Å². The van der Waals surface area contributed by atoms with E-state index in [-0.39, 0.29) is 11.7 Å². The van der Waals surface area contributed by atoms with Crippen LogP contribution in [-0.4, -0.2) is 18.7 Å². The fourth-order valence-corrected chi connectivity index (χ4v) is 3.89. The van der Waals surface area contributed by atoms with Crippen molar-refractivity contribution >= 4 is 11.6 Å². The van der Waals surface area contributed by atoms with Crippen LogP contribution in [0.15, 0.2) is 24.3 Å². The van der Waals surface area contributed by atoms with E-state index in [2.05, 4.69) is 18.3 Å². The second kappa shape index (κ2) is 6.05. The first-order valence-corrected chi connectivity index (χ1v) is 8.23. The smallest absolute Gasteiger partial charge is 0.0971 e. The van der Waals surface area contributed by atoms with Gasteiger partial charge in [0.05, 0.1) is 11.7 Å². The van der Waals surface area contributed by atoms with Crippen molar-refractivity contribution in [2.45, 2.75) is 50.7 Å². The summed E-state index contributed by atoms with van der Waals surface area (Å²) >= 11 is 6.32. The van der Waals surface area contributed by atoms with Crippen LogP contribution >= 0.6 is 11.6 Å².